The molecular weight excluding hydrogens is 280 g/mol. The first-order chi connectivity index (χ1) is 10.7. The van der Waals surface area contributed by atoms with Crippen LogP contribution in [0.5, 0.6) is 5.75 Å². The van der Waals surface area contributed by atoms with Gasteiger partial charge in [0.1, 0.15) is 11.9 Å². The van der Waals surface area contributed by atoms with Crippen molar-refractivity contribution in [2.75, 3.05) is 5.32 Å². The smallest absolute Gasteiger partial charge is 0.124 e. The lowest BCUT2D eigenvalue weighted by Crippen LogP contribution is -2.34. The molecule has 0 radical (unpaired) electrons. The van der Waals surface area contributed by atoms with Gasteiger partial charge in [-0.1, -0.05) is 11.6 Å². The summed E-state index contributed by atoms with van der Waals surface area (Å²) < 4.78 is 7.64. The van der Waals surface area contributed by atoms with E-state index < -0.39 is 0 Å². The van der Waals surface area contributed by atoms with Crippen LogP contribution in [-0.2, 0) is 13.6 Å². The van der Waals surface area contributed by atoms with Crippen molar-refractivity contribution in [3.05, 3.63) is 36.2 Å². The van der Waals surface area contributed by atoms with Crippen molar-refractivity contribution in [2.45, 2.75) is 44.4 Å². The summed E-state index contributed by atoms with van der Waals surface area (Å²) in [5, 5.41) is 21.0. The van der Waals surface area contributed by atoms with E-state index >= 15 is 0 Å². The molecule has 2 unspecified atom stereocenters. The lowest BCUT2D eigenvalue weighted by atomic mass is 9.95. The summed E-state index contributed by atoms with van der Waals surface area (Å²) in [7, 11) is 1.87. The van der Waals surface area contributed by atoms with Gasteiger partial charge in [-0.3, -0.25) is 4.68 Å². The standard InChI is InChI=1S/C16H22N4O2/c1-20-13(11-18-19-20)10-17-12-6-8-14(9-7-12)22-16-5-3-2-4-15(16)21/h6-9,11,15-17,21H,2-5,10H2,1H3. The Morgan fingerprint density at radius 1 is 1.27 bits per heavy atom. The SMILES string of the molecule is Cn1nncc1CNc1ccc(OC2CCCCC2O)cc1. The van der Waals surface area contributed by atoms with Gasteiger partial charge in [0.2, 0.25) is 0 Å². The summed E-state index contributed by atoms with van der Waals surface area (Å²) in [4.78, 5) is 0. The zero-order valence-electron chi connectivity index (χ0n) is 12.8. The second-order valence-corrected chi connectivity index (χ2v) is 5.73. The molecule has 0 bridgehead atoms. The molecule has 1 saturated carbocycles. The Hall–Kier alpha value is -2.08. The van der Waals surface area contributed by atoms with Crippen molar-refractivity contribution in [2.24, 2.45) is 7.05 Å². The zero-order chi connectivity index (χ0) is 15.4. The third kappa shape index (κ3) is 3.57. The number of aromatic nitrogens is 3. The van der Waals surface area contributed by atoms with E-state index in [1.54, 1.807) is 10.9 Å². The topological polar surface area (TPSA) is 72.2 Å². The molecule has 0 aliphatic heterocycles. The van der Waals surface area contributed by atoms with E-state index in [1.165, 1.54) is 0 Å². The minimum atomic E-state index is -0.344. The van der Waals surface area contributed by atoms with Crippen LogP contribution < -0.4 is 10.1 Å². The summed E-state index contributed by atoms with van der Waals surface area (Å²) in [5.41, 5.74) is 2.03. The third-order valence-corrected chi connectivity index (χ3v) is 4.09. The number of benzene rings is 1. The van der Waals surface area contributed by atoms with Crippen LogP contribution in [0.4, 0.5) is 5.69 Å². The molecule has 0 spiro atoms. The molecule has 0 saturated heterocycles. The molecule has 2 atom stereocenters. The Morgan fingerprint density at radius 2 is 2.05 bits per heavy atom. The number of hydrogen-bond acceptors (Lipinski definition) is 5. The Balaban J connectivity index is 1.54. The number of aliphatic hydroxyl groups excluding tert-OH is 1. The van der Waals surface area contributed by atoms with Gasteiger partial charge in [-0.2, -0.15) is 0 Å². The molecule has 22 heavy (non-hydrogen) atoms. The van der Waals surface area contributed by atoms with Crippen LogP contribution in [0.25, 0.3) is 0 Å². The van der Waals surface area contributed by atoms with E-state index in [1.807, 2.05) is 31.3 Å². The van der Waals surface area contributed by atoms with Crippen LogP contribution in [0.15, 0.2) is 30.5 Å². The van der Waals surface area contributed by atoms with E-state index in [0.29, 0.717) is 6.54 Å². The van der Waals surface area contributed by atoms with Crippen LogP contribution in [0.3, 0.4) is 0 Å². The molecule has 1 aliphatic rings. The second-order valence-electron chi connectivity index (χ2n) is 5.73. The number of nitrogens with one attached hydrogen (secondary N) is 1. The van der Waals surface area contributed by atoms with Gasteiger partial charge >= 0.3 is 0 Å². The number of ether oxygens (including phenoxy) is 1. The highest BCUT2D eigenvalue weighted by Crippen LogP contribution is 2.25. The zero-order valence-corrected chi connectivity index (χ0v) is 12.8. The predicted octanol–water partition coefficient (Wildman–Crippen LogP) is 2.11. The number of hydrogen-bond donors (Lipinski definition) is 2. The fourth-order valence-corrected chi connectivity index (χ4v) is 2.70. The van der Waals surface area contributed by atoms with E-state index in [4.69, 9.17) is 4.74 Å². The number of nitrogens with zero attached hydrogens (tertiary/aromatic N) is 3. The summed E-state index contributed by atoms with van der Waals surface area (Å²) in [6.07, 6.45) is 5.30. The van der Waals surface area contributed by atoms with Gasteiger partial charge in [0.25, 0.3) is 0 Å². The van der Waals surface area contributed by atoms with E-state index in [-0.39, 0.29) is 12.2 Å². The van der Waals surface area contributed by atoms with Crippen LogP contribution in [0.1, 0.15) is 31.4 Å². The van der Waals surface area contributed by atoms with Gasteiger partial charge < -0.3 is 15.2 Å². The Labute approximate surface area is 130 Å². The highest BCUT2D eigenvalue weighted by atomic mass is 16.5. The molecule has 1 aromatic heterocycles. The lowest BCUT2D eigenvalue weighted by Gasteiger charge is -2.28. The normalized spacial score (nSPS) is 21.5. The maximum atomic E-state index is 9.95. The average molecular weight is 302 g/mol. The number of anilines is 1. The fraction of sp³-hybridized carbons (Fsp3) is 0.500. The molecule has 2 aromatic rings. The number of aryl methyl sites for hydroxylation is 1. The predicted molar refractivity (Wildman–Crippen MR) is 83.7 cm³/mol. The second kappa shape index (κ2) is 6.79. The van der Waals surface area contributed by atoms with Crippen molar-refractivity contribution < 1.29 is 9.84 Å². The molecule has 6 heteroatoms. The minimum Gasteiger partial charge on any atom is -0.488 e. The molecule has 0 amide bonds. The monoisotopic (exact) mass is 302 g/mol. The fourth-order valence-electron chi connectivity index (χ4n) is 2.70. The Morgan fingerprint density at radius 3 is 2.73 bits per heavy atom. The first kappa shape index (κ1) is 14.8. The third-order valence-electron chi connectivity index (χ3n) is 4.09. The van der Waals surface area contributed by atoms with Gasteiger partial charge in [0.15, 0.2) is 0 Å². The van der Waals surface area contributed by atoms with Crippen molar-refractivity contribution in [1.82, 2.24) is 15.0 Å². The van der Waals surface area contributed by atoms with E-state index in [9.17, 15) is 5.11 Å². The van der Waals surface area contributed by atoms with Crippen molar-refractivity contribution in [3.8, 4) is 5.75 Å². The van der Waals surface area contributed by atoms with Crippen LogP contribution in [0, 0.1) is 0 Å². The largest absolute Gasteiger partial charge is 0.488 e. The molecule has 1 aliphatic carbocycles. The molecule has 3 rings (SSSR count). The van der Waals surface area contributed by atoms with Crippen LogP contribution in [-0.4, -0.2) is 32.3 Å². The molecule has 1 aromatic carbocycles. The molecule has 1 heterocycles. The molecule has 118 valence electrons. The maximum absolute atomic E-state index is 9.95. The highest BCUT2D eigenvalue weighted by molar-refractivity contribution is 5.46. The van der Waals surface area contributed by atoms with E-state index in [0.717, 1.165) is 42.8 Å². The number of aliphatic hydroxyl groups is 1. The summed E-state index contributed by atoms with van der Waals surface area (Å²) in [6, 6.07) is 7.83. The van der Waals surface area contributed by atoms with Crippen molar-refractivity contribution in [1.29, 1.82) is 0 Å². The maximum Gasteiger partial charge on any atom is 0.124 e. The minimum absolute atomic E-state index is 0.0759. The summed E-state index contributed by atoms with van der Waals surface area (Å²) >= 11 is 0. The summed E-state index contributed by atoms with van der Waals surface area (Å²) in [6.45, 7) is 0.672. The van der Waals surface area contributed by atoms with Crippen molar-refractivity contribution >= 4 is 5.69 Å². The van der Waals surface area contributed by atoms with E-state index in [2.05, 4.69) is 15.6 Å². The van der Waals surface area contributed by atoms with Crippen molar-refractivity contribution in [3.63, 3.8) is 0 Å². The lowest BCUT2D eigenvalue weighted by molar-refractivity contribution is 0.00688. The van der Waals surface area contributed by atoms with Crippen LogP contribution in [0.2, 0.25) is 0 Å². The first-order valence-corrected chi connectivity index (χ1v) is 7.74. The summed E-state index contributed by atoms with van der Waals surface area (Å²) in [5.74, 6) is 0.804. The van der Waals surface area contributed by atoms with Gasteiger partial charge in [0.05, 0.1) is 24.5 Å². The molecule has 2 N–H and O–H groups in total. The molecule has 6 nitrogen and oxygen atoms in total. The number of rotatable bonds is 5. The van der Waals surface area contributed by atoms with Gasteiger partial charge in [-0.25, -0.2) is 0 Å². The van der Waals surface area contributed by atoms with Gasteiger partial charge in [-0.05, 0) is 43.5 Å². The molecule has 1 fully saturated rings. The Bertz CT molecular complexity index is 596. The molecular formula is C16H22N4O2. The van der Waals surface area contributed by atoms with Gasteiger partial charge in [-0.15, -0.1) is 5.10 Å². The van der Waals surface area contributed by atoms with Crippen LogP contribution >= 0.6 is 0 Å². The first-order valence-electron chi connectivity index (χ1n) is 7.74. The average Bonchev–Trinajstić information content (AvgIpc) is 2.94. The Kier molecular flexibility index (Phi) is 4.58. The highest BCUT2D eigenvalue weighted by Gasteiger charge is 2.24. The quantitative estimate of drug-likeness (QED) is 0.885. The van der Waals surface area contributed by atoms with Gasteiger partial charge in [0, 0.05) is 12.7 Å².